The molecule has 0 fully saturated rings. The molecule has 0 radical (unpaired) electrons. The van der Waals surface area contributed by atoms with Crippen LogP contribution in [0.1, 0.15) is 0 Å². The smallest absolute Gasteiger partial charge is 0.227 e. The van der Waals surface area contributed by atoms with E-state index in [0.717, 1.165) is 50.1 Å². The molecule has 0 spiro atoms. The van der Waals surface area contributed by atoms with Gasteiger partial charge in [-0.05, 0) is 87.3 Å². The normalized spacial score (nSPS) is 11.7. The lowest BCUT2D eigenvalue weighted by molar-refractivity contribution is 0.617. The number of fused-ring (bicyclic) bond motifs is 7. The van der Waals surface area contributed by atoms with E-state index in [1.54, 1.807) is 0 Å². The maximum atomic E-state index is 6.53. The van der Waals surface area contributed by atoms with Crippen molar-refractivity contribution in [3.8, 4) is 22.6 Å². The van der Waals surface area contributed by atoms with Crippen LogP contribution in [0.15, 0.2) is 179 Å². The van der Waals surface area contributed by atoms with Gasteiger partial charge in [0, 0.05) is 45.5 Å². The van der Waals surface area contributed by atoms with Crippen molar-refractivity contribution in [2.75, 3.05) is 4.90 Å². The molecular weight excluding hydrogens is 601 g/mol. The van der Waals surface area contributed by atoms with Crippen molar-refractivity contribution < 1.29 is 8.83 Å². The van der Waals surface area contributed by atoms with Crippen LogP contribution in [0.4, 0.5) is 17.1 Å². The fourth-order valence-corrected chi connectivity index (χ4v) is 7.04. The van der Waals surface area contributed by atoms with Gasteiger partial charge in [-0.25, -0.2) is 4.98 Å². The SMILES string of the molecule is c1ccc(-c2ccc(N(c3ccc4c(c3)oc3cc5oc(-c6ccccc6)nc5cc34)c3ccc4ccc5ccccc5c4c3)cc2)cc1. The second-order valence-corrected chi connectivity index (χ2v) is 12.4. The molecule has 230 valence electrons. The van der Waals surface area contributed by atoms with E-state index in [9.17, 15) is 0 Å². The summed E-state index contributed by atoms with van der Waals surface area (Å²) in [7, 11) is 0. The van der Waals surface area contributed by atoms with Gasteiger partial charge in [-0.15, -0.1) is 0 Å². The van der Waals surface area contributed by atoms with Crippen LogP contribution in [-0.2, 0) is 0 Å². The first-order valence-corrected chi connectivity index (χ1v) is 16.4. The minimum Gasteiger partial charge on any atom is -0.456 e. The summed E-state index contributed by atoms with van der Waals surface area (Å²) in [5, 5.41) is 6.94. The monoisotopic (exact) mass is 628 g/mol. The molecule has 0 bridgehead atoms. The Labute approximate surface area is 282 Å². The highest BCUT2D eigenvalue weighted by Gasteiger charge is 2.18. The molecule has 0 aliphatic carbocycles. The van der Waals surface area contributed by atoms with Gasteiger partial charge in [0.2, 0.25) is 5.89 Å². The van der Waals surface area contributed by atoms with Crippen LogP contribution in [0.3, 0.4) is 0 Å². The summed E-state index contributed by atoms with van der Waals surface area (Å²) in [5.74, 6) is 0.604. The summed E-state index contributed by atoms with van der Waals surface area (Å²) in [6.07, 6.45) is 0. The Hall–Kier alpha value is -6.65. The van der Waals surface area contributed by atoms with E-state index in [1.165, 1.54) is 32.7 Å². The molecule has 0 amide bonds. The summed E-state index contributed by atoms with van der Waals surface area (Å²) in [4.78, 5) is 7.11. The zero-order valence-corrected chi connectivity index (χ0v) is 26.4. The average Bonchev–Trinajstić information content (AvgIpc) is 3.75. The molecule has 0 aliphatic rings. The Bertz CT molecular complexity index is 2820. The van der Waals surface area contributed by atoms with E-state index in [-0.39, 0.29) is 0 Å². The molecule has 10 rings (SSSR count). The van der Waals surface area contributed by atoms with Crippen LogP contribution in [0.2, 0.25) is 0 Å². The third kappa shape index (κ3) is 4.65. The summed E-state index contributed by atoms with van der Waals surface area (Å²) < 4.78 is 12.7. The van der Waals surface area contributed by atoms with Crippen LogP contribution in [-0.4, -0.2) is 4.98 Å². The molecule has 49 heavy (non-hydrogen) atoms. The first-order valence-electron chi connectivity index (χ1n) is 16.4. The molecule has 0 N–H and O–H groups in total. The van der Waals surface area contributed by atoms with Crippen molar-refractivity contribution in [2.45, 2.75) is 0 Å². The zero-order chi connectivity index (χ0) is 32.3. The van der Waals surface area contributed by atoms with Gasteiger partial charge in [-0.3, -0.25) is 0 Å². The first kappa shape index (κ1) is 27.5. The number of hydrogen-bond acceptors (Lipinski definition) is 4. The van der Waals surface area contributed by atoms with E-state index < -0.39 is 0 Å². The van der Waals surface area contributed by atoms with Crippen molar-refractivity contribution >= 4 is 71.6 Å². The number of anilines is 3. The highest BCUT2D eigenvalue weighted by Crippen LogP contribution is 2.41. The third-order valence-electron chi connectivity index (χ3n) is 9.47. The fraction of sp³-hybridized carbons (Fsp3) is 0. The molecule has 8 aromatic carbocycles. The molecule has 2 aromatic heterocycles. The van der Waals surface area contributed by atoms with E-state index >= 15 is 0 Å². The number of benzene rings is 8. The van der Waals surface area contributed by atoms with Crippen LogP contribution < -0.4 is 4.90 Å². The predicted octanol–water partition coefficient (Wildman–Crippen LogP) is 12.8. The molecule has 0 saturated heterocycles. The van der Waals surface area contributed by atoms with Gasteiger partial charge in [0.25, 0.3) is 0 Å². The van der Waals surface area contributed by atoms with Gasteiger partial charge in [0.05, 0.1) is 0 Å². The maximum absolute atomic E-state index is 6.53. The Kier molecular flexibility index (Phi) is 6.15. The fourth-order valence-electron chi connectivity index (χ4n) is 7.04. The maximum Gasteiger partial charge on any atom is 0.227 e. The van der Waals surface area contributed by atoms with Crippen LogP contribution >= 0.6 is 0 Å². The lowest BCUT2D eigenvalue weighted by Crippen LogP contribution is -2.09. The minimum absolute atomic E-state index is 0.604. The average molecular weight is 629 g/mol. The summed E-state index contributed by atoms with van der Waals surface area (Å²) in [5.41, 5.74) is 9.54. The minimum atomic E-state index is 0.604. The number of aromatic nitrogens is 1. The van der Waals surface area contributed by atoms with E-state index in [0.29, 0.717) is 11.5 Å². The lowest BCUT2D eigenvalue weighted by Gasteiger charge is -2.26. The highest BCUT2D eigenvalue weighted by molar-refractivity contribution is 6.11. The van der Waals surface area contributed by atoms with Gasteiger partial charge < -0.3 is 13.7 Å². The van der Waals surface area contributed by atoms with Gasteiger partial charge in [-0.2, -0.15) is 0 Å². The number of furan rings is 1. The second kappa shape index (κ2) is 11.0. The molecule has 0 aliphatic heterocycles. The van der Waals surface area contributed by atoms with Crippen molar-refractivity contribution in [1.82, 2.24) is 4.98 Å². The molecule has 10 aromatic rings. The molecule has 2 heterocycles. The topological polar surface area (TPSA) is 42.4 Å². The highest BCUT2D eigenvalue weighted by atomic mass is 16.4. The number of oxazole rings is 1. The van der Waals surface area contributed by atoms with Crippen molar-refractivity contribution in [3.63, 3.8) is 0 Å². The lowest BCUT2D eigenvalue weighted by atomic mass is 10.0. The zero-order valence-electron chi connectivity index (χ0n) is 26.4. The Morgan fingerprint density at radius 1 is 0.367 bits per heavy atom. The number of hydrogen-bond donors (Lipinski definition) is 0. The van der Waals surface area contributed by atoms with Gasteiger partial charge in [0.1, 0.15) is 16.7 Å². The van der Waals surface area contributed by atoms with Crippen LogP contribution in [0, 0.1) is 0 Å². The number of rotatable bonds is 5. The molecular formula is C45H28N2O2. The number of nitrogens with zero attached hydrogens (tertiary/aromatic N) is 2. The Balaban J connectivity index is 1.12. The van der Waals surface area contributed by atoms with Gasteiger partial charge >= 0.3 is 0 Å². The van der Waals surface area contributed by atoms with E-state index in [1.807, 2.05) is 42.5 Å². The van der Waals surface area contributed by atoms with Crippen molar-refractivity contribution in [1.29, 1.82) is 0 Å². The standard InChI is InChI=1S/C45H28N2O2/c1-3-9-29(10-4-1)30-17-20-34(21-18-30)47(35-22-19-32-16-15-31-11-7-8-14-37(31)39(32)25-35)36-23-24-38-40-27-41-44(28-43(40)48-42(38)26-36)49-45(46-41)33-12-5-2-6-13-33/h1-28H. The predicted molar refractivity (Wildman–Crippen MR) is 202 cm³/mol. The second-order valence-electron chi connectivity index (χ2n) is 12.4. The molecule has 0 atom stereocenters. The Morgan fingerprint density at radius 3 is 1.80 bits per heavy atom. The van der Waals surface area contributed by atoms with Gasteiger partial charge in [-0.1, -0.05) is 103 Å². The molecule has 4 nitrogen and oxygen atoms in total. The van der Waals surface area contributed by atoms with Crippen LogP contribution in [0.25, 0.3) is 77.2 Å². The summed E-state index contributed by atoms with van der Waals surface area (Å²) in [6, 6.07) is 59.4. The first-order chi connectivity index (χ1) is 24.2. The summed E-state index contributed by atoms with van der Waals surface area (Å²) >= 11 is 0. The summed E-state index contributed by atoms with van der Waals surface area (Å²) in [6.45, 7) is 0. The van der Waals surface area contributed by atoms with Gasteiger partial charge in [0.15, 0.2) is 5.58 Å². The molecule has 0 saturated carbocycles. The largest absolute Gasteiger partial charge is 0.456 e. The van der Waals surface area contributed by atoms with Crippen LogP contribution in [0.5, 0.6) is 0 Å². The Morgan fingerprint density at radius 2 is 0.980 bits per heavy atom. The molecule has 0 unspecified atom stereocenters. The third-order valence-corrected chi connectivity index (χ3v) is 9.47. The van der Waals surface area contributed by atoms with Crippen molar-refractivity contribution in [2.24, 2.45) is 0 Å². The van der Waals surface area contributed by atoms with E-state index in [4.69, 9.17) is 13.8 Å². The van der Waals surface area contributed by atoms with Crippen molar-refractivity contribution in [3.05, 3.63) is 170 Å². The molecule has 4 heteroatoms. The quantitative estimate of drug-likeness (QED) is 0.178. The van der Waals surface area contributed by atoms with E-state index in [2.05, 4.69) is 132 Å².